The maximum Gasteiger partial charge on any atom is 0.243 e. The second-order valence-corrected chi connectivity index (χ2v) is 8.52. The summed E-state index contributed by atoms with van der Waals surface area (Å²) >= 11 is 0. The van der Waals surface area contributed by atoms with Crippen LogP contribution < -0.4 is 15.0 Å². The highest BCUT2D eigenvalue weighted by Crippen LogP contribution is 2.34. The molecule has 0 unspecified atom stereocenters. The first-order valence-electron chi connectivity index (χ1n) is 8.83. The summed E-state index contributed by atoms with van der Waals surface area (Å²) in [6.07, 6.45) is 3.36. The third kappa shape index (κ3) is 4.28. The highest BCUT2D eigenvalue weighted by atomic mass is 32.2. The topological polar surface area (TPSA) is 105 Å². The minimum absolute atomic E-state index is 0.222. The van der Waals surface area contributed by atoms with Gasteiger partial charge < -0.3 is 9.47 Å². The normalized spacial score (nSPS) is 18.5. The third-order valence-corrected chi connectivity index (χ3v) is 6.76. The van der Waals surface area contributed by atoms with Gasteiger partial charge in [0.2, 0.25) is 15.9 Å². The molecule has 1 fully saturated rings. The van der Waals surface area contributed by atoms with Gasteiger partial charge >= 0.3 is 0 Å². The molecule has 1 aromatic carbocycles. The molecule has 0 atom stereocenters. The lowest BCUT2D eigenvalue weighted by Crippen LogP contribution is -2.38. The summed E-state index contributed by atoms with van der Waals surface area (Å²) in [5, 5.41) is 8.49. The van der Waals surface area contributed by atoms with Crippen LogP contribution in [-0.4, -0.2) is 50.1 Å². The lowest BCUT2D eigenvalue weighted by molar-refractivity contribution is -0.129. The monoisotopic (exact) mass is 384 g/mol. The summed E-state index contributed by atoms with van der Waals surface area (Å²) in [7, 11) is -3.56. The molecule has 3 rings (SSSR count). The number of carbonyl (C=O) groups excluding carboxylic acids is 1. The standard InChI is InChI=1S/C17H24N2O6S/c20-17(18-21)3-1-2-13-6-8-19(9-7-13)26(22,23)14-4-5-15-16(12-14)25-11-10-24-15/h4-5,12-13,21H,1-3,6-11H2,(H,18,20). The Balaban J connectivity index is 1.57. The van der Waals surface area contributed by atoms with Crippen LogP contribution in [0.2, 0.25) is 0 Å². The maximum absolute atomic E-state index is 12.9. The molecule has 9 heteroatoms. The Hall–Kier alpha value is -1.84. The number of hydroxylamine groups is 1. The van der Waals surface area contributed by atoms with Crippen molar-refractivity contribution in [3.63, 3.8) is 0 Å². The molecule has 0 bridgehead atoms. The smallest absolute Gasteiger partial charge is 0.243 e. The van der Waals surface area contributed by atoms with Gasteiger partial charge in [0.05, 0.1) is 4.90 Å². The van der Waals surface area contributed by atoms with E-state index in [-0.39, 0.29) is 17.2 Å². The number of hydrogen-bond donors (Lipinski definition) is 2. The summed E-state index contributed by atoms with van der Waals surface area (Å²) in [5.74, 6) is 1.05. The van der Waals surface area contributed by atoms with Crippen LogP contribution in [0, 0.1) is 5.92 Å². The van der Waals surface area contributed by atoms with Crippen molar-refractivity contribution < 1.29 is 27.9 Å². The molecular formula is C17H24N2O6S. The average Bonchev–Trinajstić information content (AvgIpc) is 2.67. The van der Waals surface area contributed by atoms with Crippen molar-refractivity contribution >= 4 is 15.9 Å². The molecule has 0 aromatic heterocycles. The number of piperidine rings is 1. The van der Waals surface area contributed by atoms with Crippen LogP contribution >= 0.6 is 0 Å². The zero-order valence-electron chi connectivity index (χ0n) is 14.5. The van der Waals surface area contributed by atoms with Crippen molar-refractivity contribution in [3.8, 4) is 11.5 Å². The van der Waals surface area contributed by atoms with E-state index in [2.05, 4.69) is 0 Å². The summed E-state index contributed by atoms with van der Waals surface area (Å²) in [4.78, 5) is 11.3. The number of nitrogens with zero attached hydrogens (tertiary/aromatic N) is 1. The van der Waals surface area contributed by atoms with Crippen molar-refractivity contribution in [2.24, 2.45) is 5.92 Å². The number of carbonyl (C=O) groups is 1. The van der Waals surface area contributed by atoms with E-state index in [1.54, 1.807) is 17.6 Å². The third-order valence-electron chi connectivity index (χ3n) is 4.87. The Bertz CT molecular complexity index is 744. The van der Waals surface area contributed by atoms with Crippen LogP contribution in [0.4, 0.5) is 0 Å². The second kappa shape index (κ2) is 8.24. The minimum atomic E-state index is -3.56. The van der Waals surface area contributed by atoms with Crippen molar-refractivity contribution in [3.05, 3.63) is 18.2 Å². The second-order valence-electron chi connectivity index (χ2n) is 6.58. The summed E-state index contributed by atoms with van der Waals surface area (Å²) < 4.78 is 38.2. The highest BCUT2D eigenvalue weighted by Gasteiger charge is 2.30. The molecule has 26 heavy (non-hydrogen) atoms. The lowest BCUT2D eigenvalue weighted by Gasteiger charge is -2.31. The minimum Gasteiger partial charge on any atom is -0.486 e. The van der Waals surface area contributed by atoms with Crippen LogP contribution in [-0.2, 0) is 14.8 Å². The predicted octanol–water partition coefficient (Wildman–Crippen LogP) is 1.53. The van der Waals surface area contributed by atoms with Crippen molar-refractivity contribution in [2.75, 3.05) is 26.3 Å². The first-order valence-corrected chi connectivity index (χ1v) is 10.3. The number of rotatable bonds is 6. The number of fused-ring (bicyclic) bond motifs is 1. The molecule has 1 aromatic rings. The molecule has 2 N–H and O–H groups in total. The number of hydrogen-bond acceptors (Lipinski definition) is 6. The molecule has 8 nitrogen and oxygen atoms in total. The number of benzene rings is 1. The van der Waals surface area contributed by atoms with E-state index < -0.39 is 10.0 Å². The van der Waals surface area contributed by atoms with Gasteiger partial charge in [-0.1, -0.05) is 0 Å². The van der Waals surface area contributed by atoms with Gasteiger partial charge in [-0.3, -0.25) is 10.0 Å². The van der Waals surface area contributed by atoms with Gasteiger partial charge in [0.25, 0.3) is 0 Å². The molecule has 2 aliphatic heterocycles. The Morgan fingerprint density at radius 3 is 2.58 bits per heavy atom. The molecule has 0 radical (unpaired) electrons. The first kappa shape index (κ1) is 18.9. The first-order chi connectivity index (χ1) is 12.5. The predicted molar refractivity (Wildman–Crippen MR) is 92.7 cm³/mol. The van der Waals surface area contributed by atoms with E-state index in [0.29, 0.717) is 50.1 Å². The number of amides is 1. The van der Waals surface area contributed by atoms with E-state index in [1.165, 1.54) is 10.4 Å². The van der Waals surface area contributed by atoms with E-state index in [4.69, 9.17) is 14.7 Å². The Labute approximate surface area is 153 Å². The van der Waals surface area contributed by atoms with Gasteiger partial charge in [-0.05, 0) is 43.7 Å². The Morgan fingerprint density at radius 1 is 1.19 bits per heavy atom. The SMILES string of the molecule is O=C(CCCC1CCN(S(=O)(=O)c2ccc3c(c2)OCCO3)CC1)NO. The van der Waals surface area contributed by atoms with Crippen molar-refractivity contribution in [1.82, 2.24) is 9.79 Å². The fourth-order valence-electron chi connectivity index (χ4n) is 3.38. The largest absolute Gasteiger partial charge is 0.486 e. The summed E-state index contributed by atoms with van der Waals surface area (Å²) in [5.41, 5.74) is 1.62. The van der Waals surface area contributed by atoms with Gasteiger partial charge in [0.15, 0.2) is 11.5 Å². The van der Waals surface area contributed by atoms with Crippen molar-refractivity contribution in [1.29, 1.82) is 0 Å². The molecular weight excluding hydrogens is 360 g/mol. The van der Waals surface area contributed by atoms with Gasteiger partial charge in [-0.15, -0.1) is 0 Å². The van der Waals surface area contributed by atoms with Gasteiger partial charge in [-0.2, -0.15) is 4.31 Å². The lowest BCUT2D eigenvalue weighted by atomic mass is 9.92. The maximum atomic E-state index is 12.9. The van der Waals surface area contributed by atoms with Gasteiger partial charge in [-0.25, -0.2) is 13.9 Å². The van der Waals surface area contributed by atoms with E-state index in [9.17, 15) is 13.2 Å². The fourth-order valence-corrected chi connectivity index (χ4v) is 4.86. The summed E-state index contributed by atoms with van der Waals surface area (Å²) in [6.45, 7) is 1.81. The zero-order chi connectivity index (χ0) is 18.6. The number of sulfonamides is 1. The van der Waals surface area contributed by atoms with Gasteiger partial charge in [0.1, 0.15) is 13.2 Å². The van der Waals surface area contributed by atoms with Gasteiger partial charge in [0, 0.05) is 25.6 Å². The van der Waals surface area contributed by atoms with Crippen LogP contribution in [0.3, 0.4) is 0 Å². The quantitative estimate of drug-likeness (QED) is 0.569. The number of ether oxygens (including phenoxy) is 2. The van der Waals surface area contributed by atoms with Crippen molar-refractivity contribution in [2.45, 2.75) is 37.0 Å². The average molecular weight is 384 g/mol. The molecule has 0 saturated carbocycles. The summed E-state index contributed by atoms with van der Waals surface area (Å²) in [6, 6.07) is 4.73. The Kier molecular flexibility index (Phi) is 6.00. The Morgan fingerprint density at radius 2 is 1.88 bits per heavy atom. The highest BCUT2D eigenvalue weighted by molar-refractivity contribution is 7.89. The van der Waals surface area contributed by atoms with E-state index >= 15 is 0 Å². The molecule has 144 valence electrons. The van der Waals surface area contributed by atoms with Crippen LogP contribution in [0.1, 0.15) is 32.1 Å². The molecule has 2 aliphatic rings. The molecule has 1 amide bonds. The molecule has 0 spiro atoms. The van der Waals surface area contributed by atoms with E-state index in [0.717, 1.165) is 19.3 Å². The molecule has 2 heterocycles. The molecule has 0 aliphatic carbocycles. The number of nitrogens with one attached hydrogen (secondary N) is 1. The zero-order valence-corrected chi connectivity index (χ0v) is 15.3. The fraction of sp³-hybridized carbons (Fsp3) is 0.588. The van der Waals surface area contributed by atoms with Crippen LogP contribution in [0.25, 0.3) is 0 Å². The van der Waals surface area contributed by atoms with E-state index in [1.807, 2.05) is 0 Å². The van der Waals surface area contributed by atoms with Crippen LogP contribution in [0.5, 0.6) is 11.5 Å². The molecule has 1 saturated heterocycles. The van der Waals surface area contributed by atoms with Crippen LogP contribution in [0.15, 0.2) is 23.1 Å².